The molecule has 2 saturated heterocycles. The number of nitrogens with zero attached hydrogens (tertiary/aromatic N) is 1. The van der Waals surface area contributed by atoms with E-state index >= 15 is 0 Å². The average Bonchev–Trinajstić information content (AvgIpc) is 2.68. The highest BCUT2D eigenvalue weighted by Crippen LogP contribution is 2.36. The second-order valence-corrected chi connectivity index (χ2v) is 7.40. The number of hydrogen-bond donors (Lipinski definition) is 1. The molecule has 0 spiro atoms. The van der Waals surface area contributed by atoms with E-state index in [2.05, 4.69) is 56.9 Å². The summed E-state index contributed by atoms with van der Waals surface area (Å²) in [6.07, 6.45) is 1.52. The summed E-state index contributed by atoms with van der Waals surface area (Å²) in [6.45, 7) is 10.1. The van der Waals surface area contributed by atoms with E-state index in [1.807, 2.05) is 0 Å². The van der Waals surface area contributed by atoms with Gasteiger partial charge >= 0.3 is 7.12 Å². The molecule has 0 bridgehead atoms. The Morgan fingerprint density at radius 3 is 2.27 bits per heavy atom. The Morgan fingerprint density at radius 1 is 1.09 bits per heavy atom. The number of aliphatic hydroxyl groups is 1. The van der Waals surface area contributed by atoms with Crippen LogP contribution in [-0.4, -0.2) is 42.6 Å². The van der Waals surface area contributed by atoms with E-state index in [4.69, 9.17) is 9.31 Å². The second kappa shape index (κ2) is 5.55. The van der Waals surface area contributed by atoms with Gasteiger partial charge in [0.15, 0.2) is 0 Å². The van der Waals surface area contributed by atoms with Crippen molar-refractivity contribution in [3.8, 4) is 0 Å². The van der Waals surface area contributed by atoms with E-state index in [9.17, 15) is 5.11 Å². The summed E-state index contributed by atoms with van der Waals surface area (Å²) < 4.78 is 12.3. The molecule has 120 valence electrons. The van der Waals surface area contributed by atoms with Crippen molar-refractivity contribution in [1.29, 1.82) is 0 Å². The molecule has 4 nitrogen and oxygen atoms in total. The van der Waals surface area contributed by atoms with Crippen molar-refractivity contribution in [1.82, 2.24) is 0 Å². The van der Waals surface area contributed by atoms with Crippen molar-refractivity contribution in [3.05, 3.63) is 24.3 Å². The molecule has 0 unspecified atom stereocenters. The van der Waals surface area contributed by atoms with Crippen molar-refractivity contribution in [3.63, 3.8) is 0 Å². The largest absolute Gasteiger partial charge is 0.494 e. The maximum absolute atomic E-state index is 9.65. The van der Waals surface area contributed by atoms with Gasteiger partial charge in [0.05, 0.1) is 17.3 Å². The molecule has 3 rings (SSSR count). The smallest absolute Gasteiger partial charge is 0.399 e. The van der Waals surface area contributed by atoms with Crippen LogP contribution in [0.25, 0.3) is 0 Å². The zero-order valence-corrected chi connectivity index (χ0v) is 14.0. The Labute approximate surface area is 133 Å². The van der Waals surface area contributed by atoms with Gasteiger partial charge in [-0.1, -0.05) is 12.1 Å². The SMILES string of the molecule is CC1(C)OB(c2cccc(N3CCC(O)CC3)c2)OC1(C)C. The Morgan fingerprint density at radius 2 is 1.68 bits per heavy atom. The third-order valence-corrected chi connectivity index (χ3v) is 5.23. The van der Waals surface area contributed by atoms with Crippen LogP contribution in [0.2, 0.25) is 0 Å². The van der Waals surface area contributed by atoms with Gasteiger partial charge in [-0.15, -0.1) is 0 Å². The van der Waals surface area contributed by atoms with E-state index in [1.165, 1.54) is 5.69 Å². The zero-order chi connectivity index (χ0) is 16.0. The number of piperidine rings is 1. The molecule has 2 fully saturated rings. The van der Waals surface area contributed by atoms with Gasteiger partial charge in [-0.05, 0) is 58.1 Å². The monoisotopic (exact) mass is 303 g/mol. The van der Waals surface area contributed by atoms with E-state index < -0.39 is 0 Å². The van der Waals surface area contributed by atoms with Crippen LogP contribution in [0.4, 0.5) is 5.69 Å². The maximum Gasteiger partial charge on any atom is 0.494 e. The van der Waals surface area contributed by atoms with Gasteiger partial charge in [0, 0.05) is 18.8 Å². The molecule has 0 atom stereocenters. The molecular weight excluding hydrogens is 277 g/mol. The van der Waals surface area contributed by atoms with Crippen LogP contribution in [0.5, 0.6) is 0 Å². The van der Waals surface area contributed by atoms with Crippen molar-refractivity contribution in [2.45, 2.75) is 57.8 Å². The fourth-order valence-electron chi connectivity index (χ4n) is 2.97. The summed E-state index contributed by atoms with van der Waals surface area (Å²) in [6, 6.07) is 8.39. The normalized spacial score (nSPS) is 24.8. The highest BCUT2D eigenvalue weighted by molar-refractivity contribution is 6.62. The number of anilines is 1. The highest BCUT2D eigenvalue weighted by atomic mass is 16.7. The first-order chi connectivity index (χ1) is 10.3. The van der Waals surface area contributed by atoms with Gasteiger partial charge in [0.1, 0.15) is 0 Å². The lowest BCUT2D eigenvalue weighted by atomic mass is 9.79. The summed E-state index contributed by atoms with van der Waals surface area (Å²) in [5, 5.41) is 9.65. The number of aliphatic hydroxyl groups excluding tert-OH is 1. The molecule has 2 aliphatic rings. The van der Waals surface area contributed by atoms with Gasteiger partial charge in [-0.2, -0.15) is 0 Å². The van der Waals surface area contributed by atoms with Crippen LogP contribution in [-0.2, 0) is 9.31 Å². The van der Waals surface area contributed by atoms with E-state index in [-0.39, 0.29) is 24.4 Å². The van der Waals surface area contributed by atoms with Crippen LogP contribution < -0.4 is 10.4 Å². The standard InChI is InChI=1S/C17H26BNO3/c1-16(2)17(3,4)22-18(21-16)13-6-5-7-14(12-13)19-10-8-15(20)9-11-19/h5-7,12,15,20H,8-11H2,1-4H3. The summed E-state index contributed by atoms with van der Waals surface area (Å²) in [7, 11) is -0.319. The molecule has 22 heavy (non-hydrogen) atoms. The molecule has 0 aliphatic carbocycles. The van der Waals surface area contributed by atoms with Crippen LogP contribution in [0.1, 0.15) is 40.5 Å². The Hall–Kier alpha value is -1.04. The van der Waals surface area contributed by atoms with Gasteiger partial charge in [-0.3, -0.25) is 0 Å². The number of hydrogen-bond acceptors (Lipinski definition) is 4. The Balaban J connectivity index is 1.78. The van der Waals surface area contributed by atoms with Crippen LogP contribution >= 0.6 is 0 Å². The predicted octanol–water partition coefficient (Wildman–Crippen LogP) is 1.95. The van der Waals surface area contributed by atoms with Crippen molar-refractivity contribution < 1.29 is 14.4 Å². The summed E-state index contributed by atoms with van der Waals surface area (Å²) in [5.74, 6) is 0. The lowest BCUT2D eigenvalue weighted by molar-refractivity contribution is 0.00578. The molecule has 2 heterocycles. The van der Waals surface area contributed by atoms with E-state index in [1.54, 1.807) is 0 Å². The number of rotatable bonds is 2. The first-order valence-corrected chi connectivity index (χ1v) is 8.17. The Kier molecular flexibility index (Phi) is 4.00. The lowest BCUT2D eigenvalue weighted by Crippen LogP contribution is -2.41. The molecular formula is C17H26BNO3. The number of benzene rings is 1. The second-order valence-electron chi connectivity index (χ2n) is 7.40. The third kappa shape index (κ3) is 2.90. The van der Waals surface area contributed by atoms with Gasteiger partial charge < -0.3 is 19.3 Å². The molecule has 1 aromatic carbocycles. The summed E-state index contributed by atoms with van der Waals surface area (Å²) >= 11 is 0. The summed E-state index contributed by atoms with van der Waals surface area (Å²) in [4.78, 5) is 2.32. The molecule has 0 radical (unpaired) electrons. The molecule has 1 N–H and O–H groups in total. The van der Waals surface area contributed by atoms with Crippen LogP contribution in [0.15, 0.2) is 24.3 Å². The molecule has 0 saturated carbocycles. The van der Waals surface area contributed by atoms with Gasteiger partial charge in [0.25, 0.3) is 0 Å². The molecule has 1 aromatic rings. The van der Waals surface area contributed by atoms with Crippen molar-refractivity contribution in [2.24, 2.45) is 0 Å². The first kappa shape index (κ1) is 15.8. The molecule has 2 aliphatic heterocycles. The lowest BCUT2D eigenvalue weighted by Gasteiger charge is -2.32. The fourth-order valence-corrected chi connectivity index (χ4v) is 2.97. The summed E-state index contributed by atoms with van der Waals surface area (Å²) in [5.41, 5.74) is 1.60. The van der Waals surface area contributed by atoms with E-state index in [0.29, 0.717) is 0 Å². The quantitative estimate of drug-likeness (QED) is 0.848. The van der Waals surface area contributed by atoms with Crippen LogP contribution in [0.3, 0.4) is 0 Å². The first-order valence-electron chi connectivity index (χ1n) is 8.17. The maximum atomic E-state index is 9.65. The minimum Gasteiger partial charge on any atom is -0.399 e. The third-order valence-electron chi connectivity index (χ3n) is 5.23. The minimum absolute atomic E-state index is 0.150. The minimum atomic E-state index is -0.319. The average molecular weight is 303 g/mol. The van der Waals surface area contributed by atoms with Gasteiger partial charge in [0.2, 0.25) is 0 Å². The van der Waals surface area contributed by atoms with Crippen LogP contribution in [0, 0.1) is 0 Å². The predicted molar refractivity (Wildman–Crippen MR) is 89.6 cm³/mol. The van der Waals surface area contributed by atoms with Crippen molar-refractivity contribution in [2.75, 3.05) is 18.0 Å². The van der Waals surface area contributed by atoms with Gasteiger partial charge in [-0.25, -0.2) is 0 Å². The Bertz CT molecular complexity index is 522. The molecule has 5 heteroatoms. The topological polar surface area (TPSA) is 41.9 Å². The highest BCUT2D eigenvalue weighted by Gasteiger charge is 2.51. The molecule has 0 amide bonds. The molecule has 0 aromatic heterocycles. The van der Waals surface area contributed by atoms with Crippen molar-refractivity contribution >= 4 is 18.3 Å². The fraction of sp³-hybridized carbons (Fsp3) is 0.647. The van der Waals surface area contributed by atoms with E-state index in [0.717, 1.165) is 31.4 Å². The zero-order valence-electron chi connectivity index (χ0n) is 14.0.